The lowest BCUT2D eigenvalue weighted by atomic mass is 10.3. The van der Waals surface area contributed by atoms with Crippen LogP contribution >= 0.6 is 15.9 Å². The topological polar surface area (TPSA) is 59.2 Å². The average Bonchev–Trinajstić information content (AvgIpc) is 2.23. The number of hydrogen-bond acceptors (Lipinski definition) is 3. The van der Waals surface area contributed by atoms with Gasteiger partial charge in [0, 0.05) is 10.7 Å². The van der Waals surface area contributed by atoms with Crippen LogP contribution in [-0.4, -0.2) is 17.6 Å². The van der Waals surface area contributed by atoms with Gasteiger partial charge in [0.25, 0.3) is 5.56 Å². The lowest BCUT2D eigenvalue weighted by Crippen LogP contribution is -2.08. The van der Waals surface area contributed by atoms with Gasteiger partial charge in [-0.1, -0.05) is 11.8 Å². The van der Waals surface area contributed by atoms with Crippen molar-refractivity contribution in [1.82, 2.24) is 4.98 Å². The summed E-state index contributed by atoms with van der Waals surface area (Å²) < 4.78 is 5.43. The maximum atomic E-state index is 11.3. The Morgan fingerprint density at radius 1 is 1.62 bits per heavy atom. The molecule has 0 saturated heterocycles. The summed E-state index contributed by atoms with van der Waals surface area (Å²) in [5.41, 5.74) is 0.0400. The van der Waals surface area contributed by atoms with Crippen molar-refractivity contribution in [2.45, 2.75) is 13.3 Å². The molecule has 1 aromatic heterocycles. The Morgan fingerprint density at radius 2 is 2.38 bits per heavy atom. The summed E-state index contributed by atoms with van der Waals surface area (Å²) >= 11 is 3.21. The Morgan fingerprint density at radius 3 is 3.06 bits per heavy atom. The number of carbonyl (C=O) groups is 1. The Bertz CT molecular complexity index is 496. The maximum absolute atomic E-state index is 11.3. The second kappa shape index (κ2) is 6.13. The number of ether oxygens (including phenoxy) is 1. The van der Waals surface area contributed by atoms with E-state index in [0.29, 0.717) is 12.2 Å². The third-order valence-electron chi connectivity index (χ3n) is 1.63. The summed E-state index contributed by atoms with van der Waals surface area (Å²) in [7, 11) is 0. The van der Waals surface area contributed by atoms with E-state index in [9.17, 15) is 9.59 Å². The van der Waals surface area contributed by atoms with Gasteiger partial charge in [-0.2, -0.15) is 0 Å². The molecular formula is C11H10BrNO3. The molecule has 16 heavy (non-hydrogen) atoms. The standard InChI is InChI=1S/C11H10BrNO3/c1-2-16-10(14)5-3-4-8-6-9(12)7-13-11(8)15/h6-7H,2,5H2,1H3,(H,13,15). The van der Waals surface area contributed by atoms with Crippen LogP contribution in [0.25, 0.3) is 0 Å². The summed E-state index contributed by atoms with van der Waals surface area (Å²) in [6.07, 6.45) is 1.51. The van der Waals surface area contributed by atoms with Crippen molar-refractivity contribution in [3.8, 4) is 11.8 Å². The summed E-state index contributed by atoms with van der Waals surface area (Å²) in [6.45, 7) is 2.06. The van der Waals surface area contributed by atoms with Gasteiger partial charge in [-0.25, -0.2) is 0 Å². The first-order valence-electron chi connectivity index (χ1n) is 4.66. The molecule has 5 heteroatoms. The van der Waals surface area contributed by atoms with Crippen LogP contribution in [0.5, 0.6) is 0 Å². The van der Waals surface area contributed by atoms with Crippen molar-refractivity contribution < 1.29 is 9.53 Å². The van der Waals surface area contributed by atoms with Crippen LogP contribution in [0.1, 0.15) is 18.9 Å². The molecule has 0 bridgehead atoms. The monoisotopic (exact) mass is 283 g/mol. The van der Waals surface area contributed by atoms with Gasteiger partial charge in [-0.3, -0.25) is 9.59 Å². The third-order valence-corrected chi connectivity index (χ3v) is 2.09. The smallest absolute Gasteiger partial charge is 0.317 e. The fourth-order valence-electron chi connectivity index (χ4n) is 0.974. The van der Waals surface area contributed by atoms with Gasteiger partial charge < -0.3 is 9.72 Å². The molecule has 0 fully saturated rings. The van der Waals surface area contributed by atoms with Gasteiger partial charge in [-0.05, 0) is 28.9 Å². The molecule has 0 aromatic carbocycles. The number of rotatable bonds is 2. The zero-order chi connectivity index (χ0) is 12.0. The second-order valence-electron chi connectivity index (χ2n) is 2.84. The van der Waals surface area contributed by atoms with Gasteiger partial charge in [-0.15, -0.1) is 0 Å². The zero-order valence-electron chi connectivity index (χ0n) is 8.67. The fourth-order valence-corrected chi connectivity index (χ4v) is 1.32. The minimum absolute atomic E-state index is 0.0141. The van der Waals surface area contributed by atoms with Crippen molar-refractivity contribution in [2.75, 3.05) is 6.61 Å². The largest absolute Gasteiger partial charge is 0.465 e. The van der Waals surface area contributed by atoms with Crippen LogP contribution in [0, 0.1) is 11.8 Å². The number of aromatic nitrogens is 1. The van der Waals surface area contributed by atoms with Crippen LogP contribution in [0.4, 0.5) is 0 Å². The summed E-state index contributed by atoms with van der Waals surface area (Å²) in [5, 5.41) is 0. The molecule has 0 atom stereocenters. The predicted molar refractivity (Wildman–Crippen MR) is 62.9 cm³/mol. The highest BCUT2D eigenvalue weighted by Crippen LogP contribution is 2.05. The quantitative estimate of drug-likeness (QED) is 0.660. The summed E-state index contributed by atoms with van der Waals surface area (Å²) in [4.78, 5) is 24.8. The molecule has 0 amide bonds. The number of pyridine rings is 1. The van der Waals surface area contributed by atoms with E-state index in [1.54, 1.807) is 13.0 Å². The minimum Gasteiger partial charge on any atom is -0.465 e. The molecule has 84 valence electrons. The molecule has 0 aliphatic rings. The molecule has 4 nitrogen and oxygen atoms in total. The van der Waals surface area contributed by atoms with E-state index in [1.807, 2.05) is 0 Å². The average molecular weight is 284 g/mol. The van der Waals surface area contributed by atoms with Crippen LogP contribution in [-0.2, 0) is 9.53 Å². The first-order valence-corrected chi connectivity index (χ1v) is 5.45. The zero-order valence-corrected chi connectivity index (χ0v) is 10.3. The number of halogens is 1. The molecule has 0 spiro atoms. The van der Waals surface area contributed by atoms with E-state index >= 15 is 0 Å². The van der Waals surface area contributed by atoms with Crippen LogP contribution in [0.2, 0.25) is 0 Å². The number of H-pyrrole nitrogens is 1. The Labute approximate surface area is 101 Å². The number of carbonyl (C=O) groups excluding carboxylic acids is 1. The molecule has 1 heterocycles. The van der Waals surface area contributed by atoms with Gasteiger partial charge in [0.05, 0.1) is 12.2 Å². The highest BCUT2D eigenvalue weighted by molar-refractivity contribution is 9.10. The molecule has 1 rings (SSSR count). The number of esters is 1. The van der Waals surface area contributed by atoms with Gasteiger partial charge in [0.2, 0.25) is 0 Å². The molecule has 1 aromatic rings. The van der Waals surface area contributed by atoms with Crippen molar-refractivity contribution in [2.24, 2.45) is 0 Å². The molecule has 0 aliphatic heterocycles. The number of hydrogen-bond donors (Lipinski definition) is 1. The van der Waals surface area contributed by atoms with Crippen LogP contribution in [0.3, 0.4) is 0 Å². The van der Waals surface area contributed by atoms with Gasteiger partial charge in [0.1, 0.15) is 6.42 Å². The van der Waals surface area contributed by atoms with Gasteiger partial charge in [0.15, 0.2) is 0 Å². The molecular weight excluding hydrogens is 274 g/mol. The number of aromatic amines is 1. The normalized spacial score (nSPS) is 9.12. The van der Waals surface area contributed by atoms with E-state index in [-0.39, 0.29) is 17.9 Å². The van der Waals surface area contributed by atoms with Crippen LogP contribution < -0.4 is 5.56 Å². The van der Waals surface area contributed by atoms with Crippen molar-refractivity contribution in [3.63, 3.8) is 0 Å². The lowest BCUT2D eigenvalue weighted by molar-refractivity contribution is -0.141. The Hall–Kier alpha value is -1.54. The summed E-state index contributed by atoms with van der Waals surface area (Å²) in [6, 6.07) is 1.59. The van der Waals surface area contributed by atoms with Gasteiger partial charge >= 0.3 is 5.97 Å². The minimum atomic E-state index is -0.388. The Balaban J connectivity index is 2.73. The molecule has 0 unspecified atom stereocenters. The van der Waals surface area contributed by atoms with Crippen LogP contribution in [0.15, 0.2) is 21.5 Å². The molecule has 0 aliphatic carbocycles. The van der Waals surface area contributed by atoms with E-state index in [4.69, 9.17) is 4.74 Å². The molecule has 0 radical (unpaired) electrons. The van der Waals surface area contributed by atoms with Crippen molar-refractivity contribution in [3.05, 3.63) is 32.7 Å². The highest BCUT2D eigenvalue weighted by Gasteiger charge is 1.98. The predicted octanol–water partition coefficient (Wildman–Crippen LogP) is 1.44. The first-order chi connectivity index (χ1) is 7.63. The maximum Gasteiger partial charge on any atom is 0.317 e. The molecule has 0 saturated carbocycles. The van der Waals surface area contributed by atoms with Crippen molar-refractivity contribution in [1.29, 1.82) is 0 Å². The van der Waals surface area contributed by atoms with E-state index in [0.717, 1.165) is 4.47 Å². The first kappa shape index (κ1) is 12.5. The van der Waals surface area contributed by atoms with E-state index in [1.165, 1.54) is 6.20 Å². The highest BCUT2D eigenvalue weighted by atomic mass is 79.9. The Kier molecular flexibility index (Phi) is 4.80. The van der Waals surface area contributed by atoms with Crippen molar-refractivity contribution >= 4 is 21.9 Å². The van der Waals surface area contributed by atoms with E-state index in [2.05, 4.69) is 32.8 Å². The lowest BCUT2D eigenvalue weighted by Gasteiger charge is -1.94. The molecule has 1 N–H and O–H groups in total. The second-order valence-corrected chi connectivity index (χ2v) is 3.76. The summed E-state index contributed by atoms with van der Waals surface area (Å²) in [5.74, 6) is 4.82. The number of nitrogens with one attached hydrogen (secondary N) is 1. The fraction of sp³-hybridized carbons (Fsp3) is 0.273. The SMILES string of the molecule is CCOC(=O)CC#Cc1cc(Br)c[nH]c1=O. The van der Waals surface area contributed by atoms with E-state index < -0.39 is 0 Å². The third kappa shape index (κ3) is 3.91.